The molecule has 0 aliphatic heterocycles. The van der Waals surface area contributed by atoms with E-state index in [9.17, 15) is 9.59 Å². The summed E-state index contributed by atoms with van der Waals surface area (Å²) in [4.78, 5) is 27.4. The standard InChI is InChI=1S/C18H22N6O3/c1-10(2)18(26)27-14-7-5-4-6-12(14)23-24-13-8-9-15(21-16(13)20)22-17(25)11(3)19/h4-11H,19H2,1-3H3,(H3,20,21,22,25)/t11-/m0/s1. The molecule has 1 aromatic heterocycles. The molecule has 1 aromatic carbocycles. The number of carbonyl (C=O) groups excluding carboxylic acids is 2. The molecule has 27 heavy (non-hydrogen) atoms. The molecule has 0 radical (unpaired) electrons. The van der Waals surface area contributed by atoms with Gasteiger partial charge in [0.15, 0.2) is 11.6 Å². The predicted molar refractivity (Wildman–Crippen MR) is 102 cm³/mol. The van der Waals surface area contributed by atoms with Gasteiger partial charge in [-0.2, -0.15) is 0 Å². The first-order chi connectivity index (χ1) is 12.8. The zero-order valence-corrected chi connectivity index (χ0v) is 15.3. The molecular weight excluding hydrogens is 348 g/mol. The summed E-state index contributed by atoms with van der Waals surface area (Å²) in [5, 5.41) is 10.7. The molecule has 1 heterocycles. The van der Waals surface area contributed by atoms with Gasteiger partial charge in [0.2, 0.25) is 5.91 Å². The van der Waals surface area contributed by atoms with E-state index in [1.54, 1.807) is 51.1 Å². The van der Waals surface area contributed by atoms with E-state index in [0.717, 1.165) is 0 Å². The molecule has 0 spiro atoms. The molecule has 0 saturated heterocycles. The van der Waals surface area contributed by atoms with Crippen molar-refractivity contribution in [2.75, 3.05) is 11.1 Å². The maximum absolute atomic E-state index is 11.8. The van der Waals surface area contributed by atoms with Crippen LogP contribution in [0.1, 0.15) is 20.8 Å². The first kappa shape index (κ1) is 20.0. The van der Waals surface area contributed by atoms with E-state index in [-0.39, 0.29) is 29.4 Å². The summed E-state index contributed by atoms with van der Waals surface area (Å²) in [5.41, 5.74) is 12.0. The highest BCUT2D eigenvalue weighted by molar-refractivity contribution is 5.93. The fourth-order valence-corrected chi connectivity index (χ4v) is 1.82. The van der Waals surface area contributed by atoms with Crippen molar-refractivity contribution in [3.8, 4) is 5.75 Å². The van der Waals surface area contributed by atoms with Crippen LogP contribution in [0.2, 0.25) is 0 Å². The van der Waals surface area contributed by atoms with Gasteiger partial charge < -0.3 is 21.5 Å². The molecule has 0 fully saturated rings. The quantitative estimate of drug-likeness (QED) is 0.405. The van der Waals surface area contributed by atoms with Crippen LogP contribution in [0.4, 0.5) is 23.0 Å². The lowest BCUT2D eigenvalue weighted by Crippen LogP contribution is -2.32. The van der Waals surface area contributed by atoms with Crippen LogP contribution < -0.4 is 21.5 Å². The fraction of sp³-hybridized carbons (Fsp3) is 0.278. The van der Waals surface area contributed by atoms with Crippen LogP contribution in [0.5, 0.6) is 5.75 Å². The van der Waals surface area contributed by atoms with Gasteiger partial charge in [0.1, 0.15) is 17.2 Å². The lowest BCUT2D eigenvalue weighted by molar-refractivity contribution is -0.137. The summed E-state index contributed by atoms with van der Waals surface area (Å²) in [6, 6.07) is 9.19. The zero-order valence-electron chi connectivity index (χ0n) is 15.3. The maximum atomic E-state index is 11.8. The Morgan fingerprint density at radius 1 is 1.07 bits per heavy atom. The molecular formula is C18H22N6O3. The van der Waals surface area contributed by atoms with Gasteiger partial charge in [-0.1, -0.05) is 26.0 Å². The number of aromatic nitrogens is 1. The molecule has 0 unspecified atom stereocenters. The molecule has 1 amide bonds. The third-order valence-corrected chi connectivity index (χ3v) is 3.38. The van der Waals surface area contributed by atoms with Crippen molar-refractivity contribution in [1.29, 1.82) is 0 Å². The average molecular weight is 370 g/mol. The van der Waals surface area contributed by atoms with Gasteiger partial charge in [0.05, 0.1) is 12.0 Å². The SMILES string of the molecule is CC(C)C(=O)Oc1ccccc1N=Nc1ccc(NC(=O)[C@H](C)N)nc1N. The van der Waals surface area contributed by atoms with Gasteiger partial charge in [-0.3, -0.25) is 9.59 Å². The van der Waals surface area contributed by atoms with Crippen molar-refractivity contribution >= 4 is 34.9 Å². The summed E-state index contributed by atoms with van der Waals surface area (Å²) in [6.45, 7) is 5.04. The van der Waals surface area contributed by atoms with Crippen LogP contribution in [-0.2, 0) is 9.59 Å². The van der Waals surface area contributed by atoms with Gasteiger partial charge in [0, 0.05) is 0 Å². The molecule has 1 atom stereocenters. The summed E-state index contributed by atoms with van der Waals surface area (Å²) < 4.78 is 5.31. The Kier molecular flexibility index (Phi) is 6.56. The Hall–Kier alpha value is -3.33. The summed E-state index contributed by atoms with van der Waals surface area (Å²) >= 11 is 0. The van der Waals surface area contributed by atoms with E-state index in [1.807, 2.05) is 0 Å². The third-order valence-electron chi connectivity index (χ3n) is 3.38. The number of azo groups is 1. The third kappa shape index (κ3) is 5.58. The van der Waals surface area contributed by atoms with Crippen molar-refractivity contribution in [3.05, 3.63) is 36.4 Å². The molecule has 0 saturated carbocycles. The summed E-state index contributed by atoms with van der Waals surface area (Å²) in [7, 11) is 0. The number of anilines is 2. The van der Waals surface area contributed by atoms with Crippen LogP contribution >= 0.6 is 0 Å². The number of pyridine rings is 1. The van der Waals surface area contributed by atoms with Gasteiger partial charge in [0.25, 0.3) is 0 Å². The first-order valence-electron chi connectivity index (χ1n) is 8.33. The number of carbonyl (C=O) groups is 2. The van der Waals surface area contributed by atoms with E-state index in [1.165, 1.54) is 6.07 Å². The Bertz CT molecular complexity index is 864. The number of nitrogens with one attached hydrogen (secondary N) is 1. The second-order valence-electron chi connectivity index (χ2n) is 6.12. The zero-order chi connectivity index (χ0) is 20.0. The van der Waals surface area contributed by atoms with Gasteiger partial charge >= 0.3 is 5.97 Å². The van der Waals surface area contributed by atoms with E-state index in [4.69, 9.17) is 16.2 Å². The van der Waals surface area contributed by atoms with Crippen molar-refractivity contribution in [1.82, 2.24) is 4.98 Å². The molecule has 0 aliphatic carbocycles. The molecule has 2 rings (SSSR count). The first-order valence-corrected chi connectivity index (χ1v) is 8.33. The number of benzene rings is 1. The van der Waals surface area contributed by atoms with Crippen molar-refractivity contribution in [3.63, 3.8) is 0 Å². The summed E-state index contributed by atoms with van der Waals surface area (Å²) in [6.07, 6.45) is 0. The molecule has 0 aliphatic rings. The highest BCUT2D eigenvalue weighted by Gasteiger charge is 2.13. The number of amides is 1. The number of hydrogen-bond donors (Lipinski definition) is 3. The largest absolute Gasteiger partial charge is 0.424 e. The van der Waals surface area contributed by atoms with Crippen molar-refractivity contribution in [2.45, 2.75) is 26.8 Å². The number of ether oxygens (including phenoxy) is 1. The van der Waals surface area contributed by atoms with Crippen LogP contribution in [0.15, 0.2) is 46.6 Å². The molecule has 2 aromatic rings. The van der Waals surface area contributed by atoms with Gasteiger partial charge in [-0.25, -0.2) is 4.98 Å². The normalized spacial score (nSPS) is 12.2. The van der Waals surface area contributed by atoms with Crippen LogP contribution in [0, 0.1) is 5.92 Å². The maximum Gasteiger partial charge on any atom is 0.313 e. The van der Waals surface area contributed by atoms with Crippen LogP contribution in [-0.4, -0.2) is 22.9 Å². The minimum absolute atomic E-state index is 0.0814. The van der Waals surface area contributed by atoms with Crippen molar-refractivity contribution in [2.24, 2.45) is 21.9 Å². The number of nitrogen functional groups attached to an aromatic ring is 1. The van der Waals surface area contributed by atoms with Gasteiger partial charge in [-0.15, -0.1) is 10.2 Å². The number of hydrogen-bond acceptors (Lipinski definition) is 8. The van der Waals surface area contributed by atoms with E-state index < -0.39 is 6.04 Å². The minimum Gasteiger partial charge on any atom is -0.424 e. The van der Waals surface area contributed by atoms with E-state index >= 15 is 0 Å². The Morgan fingerprint density at radius 2 is 1.74 bits per heavy atom. The second kappa shape index (κ2) is 8.86. The monoisotopic (exact) mass is 370 g/mol. The Balaban J connectivity index is 2.19. The number of nitrogens with zero attached hydrogens (tertiary/aromatic N) is 3. The minimum atomic E-state index is -0.669. The molecule has 9 heteroatoms. The molecule has 5 N–H and O–H groups in total. The van der Waals surface area contributed by atoms with Crippen LogP contribution in [0.3, 0.4) is 0 Å². The molecule has 9 nitrogen and oxygen atoms in total. The van der Waals surface area contributed by atoms with E-state index in [2.05, 4.69) is 20.5 Å². The molecule has 0 bridgehead atoms. The number of para-hydroxylation sites is 1. The van der Waals surface area contributed by atoms with Crippen molar-refractivity contribution < 1.29 is 14.3 Å². The Morgan fingerprint density at radius 3 is 2.37 bits per heavy atom. The van der Waals surface area contributed by atoms with E-state index in [0.29, 0.717) is 17.1 Å². The fourth-order valence-electron chi connectivity index (χ4n) is 1.82. The molecule has 142 valence electrons. The number of rotatable bonds is 6. The smallest absolute Gasteiger partial charge is 0.313 e. The van der Waals surface area contributed by atoms with Gasteiger partial charge in [-0.05, 0) is 31.2 Å². The topological polar surface area (TPSA) is 145 Å². The van der Waals surface area contributed by atoms with Crippen LogP contribution in [0.25, 0.3) is 0 Å². The lowest BCUT2D eigenvalue weighted by atomic mass is 10.2. The number of nitrogens with two attached hydrogens (primary N) is 2. The Labute approximate surface area is 156 Å². The summed E-state index contributed by atoms with van der Waals surface area (Å²) in [5.74, 6) is -0.371. The lowest BCUT2D eigenvalue weighted by Gasteiger charge is -2.09. The number of esters is 1. The second-order valence-corrected chi connectivity index (χ2v) is 6.12. The average Bonchev–Trinajstić information content (AvgIpc) is 2.61. The predicted octanol–water partition coefficient (Wildman–Crippen LogP) is 2.93. The highest BCUT2D eigenvalue weighted by Crippen LogP contribution is 2.31. The highest BCUT2D eigenvalue weighted by atomic mass is 16.5.